The Morgan fingerprint density at radius 3 is 2.44 bits per heavy atom. The van der Waals surface area contributed by atoms with E-state index in [0.29, 0.717) is 17.0 Å². The maximum atomic E-state index is 15.4. The number of nitrogens with zero attached hydrogens (tertiary/aromatic N) is 4. The first-order chi connectivity index (χ1) is 17.0. The highest BCUT2D eigenvalue weighted by Crippen LogP contribution is 2.38. The van der Waals surface area contributed by atoms with Crippen LogP contribution in [0.15, 0.2) is 35.1 Å². The molecular weight excluding hydrogens is 494 g/mol. The van der Waals surface area contributed by atoms with Crippen molar-refractivity contribution in [1.82, 2.24) is 14.5 Å². The summed E-state index contributed by atoms with van der Waals surface area (Å²) >= 11 is 6.25. The first-order valence-corrected chi connectivity index (χ1v) is 11.3. The molecule has 0 aliphatic heterocycles. The third kappa shape index (κ3) is 3.97. The van der Waals surface area contributed by atoms with Crippen LogP contribution in [0.5, 0.6) is 5.75 Å². The molecule has 0 bridgehead atoms. The number of rotatable bonds is 5. The lowest BCUT2D eigenvalue weighted by Gasteiger charge is -2.20. The van der Waals surface area contributed by atoms with Crippen LogP contribution in [-0.2, 0) is 0 Å². The monoisotopic (exact) mass is 514 g/mol. The fourth-order valence-corrected chi connectivity index (χ4v) is 4.52. The van der Waals surface area contributed by atoms with E-state index in [9.17, 15) is 19.3 Å². The molecule has 0 unspecified atom stereocenters. The molecule has 0 amide bonds. The first kappa shape index (κ1) is 25.2. The average molecular weight is 515 g/mol. The number of pyridine rings is 3. The summed E-state index contributed by atoms with van der Waals surface area (Å²) in [5.74, 6) is -1.99. The molecule has 36 heavy (non-hydrogen) atoms. The molecule has 1 aromatic carbocycles. The van der Waals surface area contributed by atoms with Gasteiger partial charge in [-0.25, -0.2) is 13.8 Å². The highest BCUT2D eigenvalue weighted by atomic mass is 35.5. The van der Waals surface area contributed by atoms with Gasteiger partial charge in [-0.2, -0.15) is 0 Å². The Bertz CT molecular complexity index is 1620. The van der Waals surface area contributed by atoms with Crippen molar-refractivity contribution in [2.75, 3.05) is 7.11 Å². The minimum absolute atomic E-state index is 0.0127. The van der Waals surface area contributed by atoms with Gasteiger partial charge in [0.2, 0.25) is 0 Å². The lowest BCUT2D eigenvalue weighted by atomic mass is 10.0. The van der Waals surface area contributed by atoms with Crippen LogP contribution in [-0.4, -0.2) is 26.6 Å². The molecule has 3 heterocycles. The molecule has 0 N–H and O–H groups in total. The van der Waals surface area contributed by atoms with Crippen LogP contribution in [0.4, 0.5) is 14.5 Å². The average Bonchev–Trinajstić information content (AvgIpc) is 2.79. The highest BCUT2D eigenvalue weighted by molar-refractivity contribution is 6.37. The Labute approximate surface area is 209 Å². The van der Waals surface area contributed by atoms with Crippen LogP contribution in [0, 0.1) is 35.6 Å². The molecular formula is C25H21ClF2N4O4. The Kier molecular flexibility index (Phi) is 6.48. The molecule has 0 aliphatic rings. The van der Waals surface area contributed by atoms with Crippen molar-refractivity contribution in [3.63, 3.8) is 0 Å². The van der Waals surface area contributed by atoms with Gasteiger partial charge in [-0.1, -0.05) is 31.5 Å². The number of benzene rings is 1. The van der Waals surface area contributed by atoms with Crippen molar-refractivity contribution in [1.29, 1.82) is 0 Å². The molecule has 186 valence electrons. The predicted octanol–water partition coefficient (Wildman–Crippen LogP) is 6.04. The topological polar surface area (TPSA) is 100 Å². The second-order valence-electron chi connectivity index (χ2n) is 8.54. The predicted molar refractivity (Wildman–Crippen MR) is 132 cm³/mol. The molecule has 0 atom stereocenters. The summed E-state index contributed by atoms with van der Waals surface area (Å²) in [4.78, 5) is 33.3. The van der Waals surface area contributed by atoms with Gasteiger partial charge in [0, 0.05) is 11.1 Å². The molecule has 0 saturated carbocycles. The lowest BCUT2D eigenvalue weighted by molar-refractivity contribution is -0.386. The quantitative estimate of drug-likeness (QED) is 0.238. The number of aryl methyl sites for hydroxylation is 2. The number of methoxy groups -OCH3 is 1. The normalized spacial score (nSPS) is 11.4. The molecule has 0 radical (unpaired) electrons. The van der Waals surface area contributed by atoms with Crippen LogP contribution >= 0.6 is 11.6 Å². The minimum atomic E-state index is -1.07. The standard InChI is InChI=1S/C25H21ClF2N4O4/c1-11(2)20-22(12(3)9-13(4)29-20)31-24-14(19(26)23(25(31)33)32(34)35)10-16(28)21(30-24)18-15(27)7-6-8-17(18)36-5/h6-11H,1-5H3. The Morgan fingerprint density at radius 2 is 1.83 bits per heavy atom. The smallest absolute Gasteiger partial charge is 0.353 e. The van der Waals surface area contributed by atoms with Crippen molar-refractivity contribution >= 4 is 28.3 Å². The van der Waals surface area contributed by atoms with Crippen LogP contribution in [0.3, 0.4) is 0 Å². The van der Waals surface area contributed by atoms with Gasteiger partial charge in [0.25, 0.3) is 0 Å². The number of hydrogen-bond acceptors (Lipinski definition) is 6. The largest absolute Gasteiger partial charge is 0.496 e. The summed E-state index contributed by atoms with van der Waals surface area (Å²) < 4.78 is 36.4. The number of halogens is 3. The second kappa shape index (κ2) is 9.27. The van der Waals surface area contributed by atoms with Gasteiger partial charge in [-0.05, 0) is 49.6 Å². The van der Waals surface area contributed by atoms with Crippen molar-refractivity contribution < 1.29 is 18.4 Å². The Balaban J connectivity index is 2.27. The van der Waals surface area contributed by atoms with Crippen molar-refractivity contribution in [3.8, 4) is 22.7 Å². The van der Waals surface area contributed by atoms with Crippen LogP contribution in [0.1, 0.15) is 36.7 Å². The number of fused-ring (bicyclic) bond motifs is 1. The van der Waals surface area contributed by atoms with Gasteiger partial charge in [-0.15, -0.1) is 0 Å². The number of hydrogen-bond donors (Lipinski definition) is 0. The van der Waals surface area contributed by atoms with E-state index in [1.165, 1.54) is 19.2 Å². The van der Waals surface area contributed by atoms with Gasteiger partial charge >= 0.3 is 11.2 Å². The summed E-state index contributed by atoms with van der Waals surface area (Å²) in [5.41, 5.74) is -0.906. The highest BCUT2D eigenvalue weighted by Gasteiger charge is 2.30. The van der Waals surface area contributed by atoms with E-state index in [2.05, 4.69) is 9.97 Å². The first-order valence-electron chi connectivity index (χ1n) is 10.9. The number of aromatic nitrogens is 3. The fourth-order valence-electron chi connectivity index (χ4n) is 4.23. The molecule has 4 rings (SSSR count). The number of ether oxygens (including phenoxy) is 1. The number of nitro groups is 1. The summed E-state index contributed by atoms with van der Waals surface area (Å²) in [6.45, 7) is 7.21. The molecule has 0 saturated heterocycles. The molecule has 11 heteroatoms. The zero-order valence-electron chi connectivity index (χ0n) is 20.0. The lowest BCUT2D eigenvalue weighted by Crippen LogP contribution is -2.25. The third-order valence-electron chi connectivity index (χ3n) is 5.74. The van der Waals surface area contributed by atoms with Crippen LogP contribution in [0.2, 0.25) is 5.02 Å². The summed E-state index contributed by atoms with van der Waals surface area (Å²) in [5, 5.41) is 11.1. The maximum absolute atomic E-state index is 15.4. The van der Waals surface area contributed by atoms with Gasteiger partial charge < -0.3 is 4.74 Å². The Morgan fingerprint density at radius 1 is 1.14 bits per heavy atom. The van der Waals surface area contributed by atoms with E-state index in [4.69, 9.17) is 16.3 Å². The second-order valence-corrected chi connectivity index (χ2v) is 8.91. The van der Waals surface area contributed by atoms with Gasteiger partial charge in [0.1, 0.15) is 27.9 Å². The molecule has 8 nitrogen and oxygen atoms in total. The fraction of sp³-hybridized carbons (Fsp3) is 0.240. The molecule has 3 aromatic heterocycles. The van der Waals surface area contributed by atoms with E-state index in [0.717, 1.165) is 16.7 Å². The zero-order valence-corrected chi connectivity index (χ0v) is 20.8. The van der Waals surface area contributed by atoms with Crippen molar-refractivity contribution in [3.05, 3.63) is 84.4 Å². The van der Waals surface area contributed by atoms with E-state index in [1.807, 2.05) is 13.8 Å². The Hall–Kier alpha value is -3.92. The summed E-state index contributed by atoms with van der Waals surface area (Å²) in [7, 11) is 1.30. The molecule has 0 fully saturated rings. The summed E-state index contributed by atoms with van der Waals surface area (Å²) in [6, 6.07) is 6.56. The van der Waals surface area contributed by atoms with Crippen molar-refractivity contribution in [2.45, 2.75) is 33.6 Å². The van der Waals surface area contributed by atoms with Gasteiger partial charge in [0.05, 0.1) is 29.0 Å². The minimum Gasteiger partial charge on any atom is -0.496 e. The van der Waals surface area contributed by atoms with Crippen LogP contribution < -0.4 is 10.3 Å². The maximum Gasteiger partial charge on any atom is 0.353 e. The van der Waals surface area contributed by atoms with E-state index in [1.54, 1.807) is 19.9 Å². The molecule has 0 aliphatic carbocycles. The van der Waals surface area contributed by atoms with Gasteiger partial charge in [0.15, 0.2) is 5.82 Å². The van der Waals surface area contributed by atoms with E-state index >= 15 is 4.39 Å². The van der Waals surface area contributed by atoms with E-state index < -0.39 is 38.5 Å². The van der Waals surface area contributed by atoms with Crippen molar-refractivity contribution in [2.24, 2.45) is 0 Å². The zero-order chi connectivity index (χ0) is 26.5. The molecule has 4 aromatic rings. The molecule has 0 spiro atoms. The van der Waals surface area contributed by atoms with E-state index in [-0.39, 0.29) is 34.0 Å². The third-order valence-corrected chi connectivity index (χ3v) is 6.12. The SMILES string of the molecule is COc1cccc(F)c1-c1nc2c(cc1F)c(Cl)c([N+](=O)[O-])c(=O)n2-c1c(C)cc(C)nc1C(C)C. The summed E-state index contributed by atoms with van der Waals surface area (Å²) in [6.07, 6.45) is 0. The van der Waals surface area contributed by atoms with Gasteiger partial charge in [-0.3, -0.25) is 24.5 Å². The van der Waals surface area contributed by atoms with Crippen LogP contribution in [0.25, 0.3) is 28.0 Å².